The summed E-state index contributed by atoms with van der Waals surface area (Å²) in [5.41, 5.74) is 7.57. The van der Waals surface area contributed by atoms with Gasteiger partial charge < -0.3 is 10.6 Å². The Labute approximate surface area is 144 Å². The lowest BCUT2D eigenvalue weighted by atomic mass is 9.89. The number of thioether (sulfide) groups is 1. The van der Waals surface area contributed by atoms with Crippen LogP contribution in [0.2, 0.25) is 0 Å². The van der Waals surface area contributed by atoms with E-state index in [1.54, 1.807) is 18.0 Å². The highest BCUT2D eigenvalue weighted by molar-refractivity contribution is 8.13. The van der Waals surface area contributed by atoms with E-state index in [-0.39, 0.29) is 11.4 Å². The monoisotopic (exact) mass is 343 g/mol. The van der Waals surface area contributed by atoms with Crippen molar-refractivity contribution in [1.82, 2.24) is 0 Å². The molecule has 0 fully saturated rings. The third-order valence-corrected chi connectivity index (χ3v) is 4.67. The number of halogens is 1. The van der Waals surface area contributed by atoms with E-state index in [1.165, 1.54) is 24.3 Å². The van der Waals surface area contributed by atoms with Gasteiger partial charge in [-0.05, 0) is 54.8 Å². The molecule has 4 nitrogen and oxygen atoms in total. The summed E-state index contributed by atoms with van der Waals surface area (Å²) in [6.45, 7) is 2.09. The first-order chi connectivity index (χ1) is 11.5. The number of hydrogen-bond acceptors (Lipinski definition) is 5. The molecule has 0 saturated heterocycles. The van der Waals surface area contributed by atoms with Crippen LogP contribution < -0.4 is 10.6 Å². The number of hydrogen-bond donors (Lipinski definition) is 1. The van der Waals surface area contributed by atoms with E-state index < -0.39 is 0 Å². The minimum atomic E-state index is -0.309. The van der Waals surface area contributed by atoms with Crippen molar-refractivity contribution in [3.63, 3.8) is 0 Å². The van der Waals surface area contributed by atoms with Crippen molar-refractivity contribution in [3.8, 4) is 5.75 Å². The molecule has 1 aliphatic rings. The maximum atomic E-state index is 12.8. The highest BCUT2D eigenvalue weighted by Crippen LogP contribution is 2.35. The molecule has 1 heterocycles. The highest BCUT2D eigenvalue weighted by Gasteiger charge is 2.29. The fourth-order valence-electron chi connectivity index (χ4n) is 2.49. The normalized spacial score (nSPS) is 20.8. The van der Waals surface area contributed by atoms with Crippen LogP contribution in [0.4, 0.5) is 4.39 Å². The van der Waals surface area contributed by atoms with E-state index >= 15 is 0 Å². The Morgan fingerprint density at radius 1 is 1.29 bits per heavy atom. The summed E-state index contributed by atoms with van der Waals surface area (Å²) in [5.74, 6) is 1.13. The van der Waals surface area contributed by atoms with Gasteiger partial charge >= 0.3 is 0 Å². The van der Waals surface area contributed by atoms with Crippen LogP contribution in [-0.4, -0.2) is 17.1 Å². The van der Waals surface area contributed by atoms with Gasteiger partial charge in [0.15, 0.2) is 10.9 Å². The van der Waals surface area contributed by atoms with E-state index in [2.05, 4.69) is 17.1 Å². The summed E-state index contributed by atoms with van der Waals surface area (Å²) in [6, 6.07) is 13.7. The Morgan fingerprint density at radius 3 is 2.83 bits per heavy atom. The summed E-state index contributed by atoms with van der Waals surface area (Å²) in [4.78, 5) is 9.85. The van der Waals surface area contributed by atoms with Crippen LogP contribution in [0.25, 0.3) is 0 Å². The Morgan fingerprint density at radius 2 is 2.08 bits per heavy atom. The van der Waals surface area contributed by atoms with Crippen molar-refractivity contribution < 1.29 is 9.23 Å². The first-order valence-electron chi connectivity index (χ1n) is 7.60. The van der Waals surface area contributed by atoms with Gasteiger partial charge in [0, 0.05) is 5.75 Å². The van der Waals surface area contributed by atoms with Gasteiger partial charge in [-0.2, -0.15) is 0 Å². The molecule has 0 saturated carbocycles. The third kappa shape index (κ3) is 3.94. The zero-order valence-electron chi connectivity index (χ0n) is 13.3. The minimum Gasteiger partial charge on any atom is -0.379 e. The zero-order valence-corrected chi connectivity index (χ0v) is 14.1. The predicted molar refractivity (Wildman–Crippen MR) is 97.1 cm³/mol. The molecule has 2 N–H and O–H groups in total. The second-order valence-electron chi connectivity index (χ2n) is 5.73. The van der Waals surface area contributed by atoms with Crippen LogP contribution in [0.15, 0.2) is 58.7 Å². The van der Waals surface area contributed by atoms with Crippen molar-refractivity contribution in [3.05, 3.63) is 65.5 Å². The van der Waals surface area contributed by atoms with Gasteiger partial charge in [-0.3, -0.25) is 4.99 Å². The van der Waals surface area contributed by atoms with Crippen LogP contribution in [0.3, 0.4) is 0 Å². The van der Waals surface area contributed by atoms with Gasteiger partial charge in [-0.15, -0.1) is 0 Å². The summed E-state index contributed by atoms with van der Waals surface area (Å²) in [6.07, 6.45) is 2.56. The van der Waals surface area contributed by atoms with E-state index in [0.29, 0.717) is 10.9 Å². The van der Waals surface area contributed by atoms with Crippen LogP contribution in [0.5, 0.6) is 5.75 Å². The lowest BCUT2D eigenvalue weighted by molar-refractivity contribution is 0.343. The fourth-order valence-corrected chi connectivity index (χ4v) is 3.47. The molecule has 0 aromatic heterocycles. The first-order valence-corrected chi connectivity index (χ1v) is 8.58. The molecule has 2 aromatic rings. The van der Waals surface area contributed by atoms with E-state index in [9.17, 15) is 4.39 Å². The first kappa shape index (κ1) is 16.5. The number of amidine groups is 1. The molecule has 0 radical (unpaired) electrons. The number of aliphatic imine (C=N–C) groups is 1. The number of rotatable bonds is 4. The summed E-state index contributed by atoms with van der Waals surface area (Å²) in [5, 5.41) is 4.58. The maximum absolute atomic E-state index is 12.8. The van der Waals surface area contributed by atoms with Crippen molar-refractivity contribution in [2.24, 2.45) is 15.9 Å². The molecular weight excluding hydrogens is 325 g/mol. The van der Waals surface area contributed by atoms with Crippen LogP contribution in [0, 0.1) is 5.82 Å². The van der Waals surface area contributed by atoms with E-state index in [1.807, 2.05) is 24.3 Å². The molecule has 124 valence electrons. The quantitative estimate of drug-likeness (QED) is 0.676. The van der Waals surface area contributed by atoms with Gasteiger partial charge in [0.1, 0.15) is 5.82 Å². The van der Waals surface area contributed by atoms with Crippen molar-refractivity contribution >= 4 is 23.1 Å². The zero-order chi connectivity index (χ0) is 17.0. The van der Waals surface area contributed by atoms with E-state index in [4.69, 9.17) is 10.6 Å². The third-order valence-electron chi connectivity index (χ3n) is 3.88. The summed E-state index contributed by atoms with van der Waals surface area (Å²) in [7, 11) is 0. The highest BCUT2D eigenvalue weighted by atomic mass is 32.2. The Balaban J connectivity index is 1.74. The average Bonchev–Trinajstić information content (AvgIpc) is 2.57. The molecule has 24 heavy (non-hydrogen) atoms. The van der Waals surface area contributed by atoms with Gasteiger partial charge in [0.25, 0.3) is 0 Å². The molecule has 2 aromatic carbocycles. The van der Waals surface area contributed by atoms with Gasteiger partial charge in [0.05, 0.1) is 11.8 Å². The molecule has 1 unspecified atom stereocenters. The molecule has 0 amide bonds. The van der Waals surface area contributed by atoms with Crippen LogP contribution >= 0.6 is 11.8 Å². The topological polar surface area (TPSA) is 60.0 Å². The summed E-state index contributed by atoms with van der Waals surface area (Å²) < 4.78 is 12.8. The largest absolute Gasteiger partial charge is 0.379 e. The van der Waals surface area contributed by atoms with Crippen molar-refractivity contribution in [1.29, 1.82) is 0 Å². The molecule has 3 rings (SSSR count). The molecular formula is C18H18FN3OS. The second-order valence-corrected chi connectivity index (χ2v) is 6.84. The number of nitrogens with two attached hydrogens (primary N) is 1. The minimum absolute atomic E-state index is 0.308. The SMILES string of the molecule is CC1(c2cccc(C=NOc3ccc(F)cc3)c2)CCSC(N)=N1. The summed E-state index contributed by atoms with van der Waals surface area (Å²) >= 11 is 1.59. The molecule has 6 heteroatoms. The van der Waals surface area contributed by atoms with Gasteiger partial charge in [-0.1, -0.05) is 35.1 Å². The standard InChI is InChI=1S/C18H18FN3OS/c1-18(9-10-24-17(20)22-18)14-4-2-3-13(11-14)12-21-23-16-7-5-15(19)6-8-16/h2-8,11-12H,9-10H2,1H3,(H2,20,22). The Kier molecular flexibility index (Phi) is 4.85. The van der Waals surface area contributed by atoms with Crippen LogP contribution in [0.1, 0.15) is 24.5 Å². The smallest absolute Gasteiger partial charge is 0.158 e. The fraction of sp³-hybridized carbons (Fsp3) is 0.222. The van der Waals surface area contributed by atoms with Crippen molar-refractivity contribution in [2.45, 2.75) is 18.9 Å². The lowest BCUT2D eigenvalue weighted by Gasteiger charge is -2.29. The maximum Gasteiger partial charge on any atom is 0.158 e. The molecule has 0 aliphatic carbocycles. The average molecular weight is 343 g/mol. The predicted octanol–water partition coefficient (Wildman–Crippen LogP) is 3.91. The molecule has 1 atom stereocenters. The molecule has 1 aliphatic heterocycles. The Bertz CT molecular complexity index is 776. The van der Waals surface area contributed by atoms with Crippen molar-refractivity contribution in [2.75, 3.05) is 5.75 Å². The molecule has 0 bridgehead atoms. The number of oxime groups is 1. The second kappa shape index (κ2) is 7.05. The van der Waals surface area contributed by atoms with E-state index in [0.717, 1.165) is 23.3 Å². The number of nitrogens with zero attached hydrogens (tertiary/aromatic N) is 2. The molecule has 0 spiro atoms. The van der Waals surface area contributed by atoms with Crippen LogP contribution in [-0.2, 0) is 5.54 Å². The lowest BCUT2D eigenvalue weighted by Crippen LogP contribution is -2.28. The van der Waals surface area contributed by atoms with Gasteiger partial charge in [-0.25, -0.2) is 4.39 Å². The Hall–Kier alpha value is -2.34. The number of benzene rings is 2. The van der Waals surface area contributed by atoms with Gasteiger partial charge in [0.2, 0.25) is 0 Å².